The first kappa shape index (κ1) is 15.3. The summed E-state index contributed by atoms with van der Waals surface area (Å²) in [5.74, 6) is -0.0916. The second-order valence-electron chi connectivity index (χ2n) is 4.54. The Morgan fingerprint density at radius 2 is 2.00 bits per heavy atom. The maximum absolute atomic E-state index is 10.8. The van der Waals surface area contributed by atoms with Crippen LogP contribution in [0.3, 0.4) is 0 Å². The monoisotopic (exact) mass is 262 g/mol. The molecule has 1 unspecified atom stereocenters. The molecular formula is C16H22O3. The number of aliphatic carboxylic acids is 1. The Bertz CT molecular complexity index is 407. The number of ether oxygens (including phenoxy) is 1. The van der Waals surface area contributed by atoms with Crippen molar-refractivity contribution in [2.75, 3.05) is 7.11 Å². The van der Waals surface area contributed by atoms with Crippen LogP contribution in [0.25, 0.3) is 0 Å². The molecule has 0 bridgehead atoms. The Labute approximate surface area is 114 Å². The summed E-state index contributed by atoms with van der Waals surface area (Å²) < 4.78 is 5.10. The van der Waals surface area contributed by atoms with Crippen molar-refractivity contribution in [3.05, 3.63) is 42.0 Å². The van der Waals surface area contributed by atoms with Gasteiger partial charge in [-0.05, 0) is 43.4 Å². The summed E-state index contributed by atoms with van der Waals surface area (Å²) in [4.78, 5) is 10.8. The van der Waals surface area contributed by atoms with Gasteiger partial charge in [0.2, 0.25) is 0 Å². The van der Waals surface area contributed by atoms with Gasteiger partial charge in [-0.1, -0.05) is 31.2 Å². The smallest absolute Gasteiger partial charge is 0.306 e. The molecule has 0 aliphatic rings. The van der Waals surface area contributed by atoms with Crippen LogP contribution in [0.1, 0.15) is 31.7 Å². The topological polar surface area (TPSA) is 46.5 Å². The van der Waals surface area contributed by atoms with Crippen molar-refractivity contribution >= 4 is 5.97 Å². The van der Waals surface area contributed by atoms with Gasteiger partial charge in [-0.3, -0.25) is 4.79 Å². The van der Waals surface area contributed by atoms with Crippen LogP contribution in [0.2, 0.25) is 0 Å². The molecule has 0 saturated carbocycles. The van der Waals surface area contributed by atoms with Crippen LogP contribution in [0.4, 0.5) is 0 Å². The number of carboxylic acid groups (broad SMARTS) is 1. The number of carboxylic acids is 1. The van der Waals surface area contributed by atoms with Crippen molar-refractivity contribution in [1.82, 2.24) is 0 Å². The van der Waals surface area contributed by atoms with E-state index in [2.05, 4.69) is 18.2 Å². The minimum atomic E-state index is -0.706. The number of hydrogen-bond acceptors (Lipinski definition) is 2. The molecule has 104 valence electrons. The molecule has 1 aromatic rings. The van der Waals surface area contributed by atoms with E-state index in [1.807, 2.05) is 25.1 Å². The number of benzene rings is 1. The summed E-state index contributed by atoms with van der Waals surface area (Å²) in [5, 5.41) is 8.91. The molecule has 3 nitrogen and oxygen atoms in total. The maximum Gasteiger partial charge on any atom is 0.306 e. The molecule has 1 N–H and O–H groups in total. The highest BCUT2D eigenvalue weighted by Crippen LogP contribution is 2.13. The van der Waals surface area contributed by atoms with Crippen molar-refractivity contribution in [3.8, 4) is 5.75 Å². The third kappa shape index (κ3) is 5.60. The number of methoxy groups -OCH3 is 1. The Balaban J connectivity index is 2.31. The summed E-state index contributed by atoms with van der Waals surface area (Å²) in [6.07, 6.45) is 7.24. The van der Waals surface area contributed by atoms with Gasteiger partial charge < -0.3 is 9.84 Å². The average molecular weight is 262 g/mol. The van der Waals surface area contributed by atoms with E-state index < -0.39 is 5.97 Å². The number of aryl methyl sites for hydroxylation is 1. The number of rotatable bonds is 8. The molecule has 1 rings (SSSR count). The molecule has 19 heavy (non-hydrogen) atoms. The summed E-state index contributed by atoms with van der Waals surface area (Å²) in [6.45, 7) is 1.91. The number of allylic oxidation sites excluding steroid dienone is 2. The van der Waals surface area contributed by atoms with Gasteiger partial charge in [-0.15, -0.1) is 0 Å². The van der Waals surface area contributed by atoms with Gasteiger partial charge >= 0.3 is 5.97 Å². The minimum absolute atomic E-state index is 0.253. The lowest BCUT2D eigenvalue weighted by Crippen LogP contribution is -2.11. The molecule has 3 heteroatoms. The van der Waals surface area contributed by atoms with E-state index >= 15 is 0 Å². The quantitative estimate of drug-likeness (QED) is 0.727. The van der Waals surface area contributed by atoms with E-state index in [9.17, 15) is 4.79 Å². The summed E-state index contributed by atoms with van der Waals surface area (Å²) in [5.41, 5.74) is 1.26. The lowest BCUT2D eigenvalue weighted by Gasteiger charge is -2.05. The predicted molar refractivity (Wildman–Crippen MR) is 76.5 cm³/mol. The molecule has 0 radical (unpaired) electrons. The lowest BCUT2D eigenvalue weighted by atomic mass is 10.0. The highest BCUT2D eigenvalue weighted by molar-refractivity contribution is 5.70. The normalized spacial score (nSPS) is 12.5. The van der Waals surface area contributed by atoms with Crippen LogP contribution in [-0.2, 0) is 11.2 Å². The standard InChI is InChI=1S/C16H22O3/c1-3-14(16(17)18)8-6-4-5-7-13-9-11-15(19-2)12-10-13/h4,6,9-12,14H,3,5,7-8H2,1-2H3,(H,17,18). The highest BCUT2D eigenvalue weighted by atomic mass is 16.5. The average Bonchev–Trinajstić information content (AvgIpc) is 2.43. The fourth-order valence-electron chi connectivity index (χ4n) is 1.86. The summed E-state index contributed by atoms with van der Waals surface area (Å²) in [6, 6.07) is 8.02. The molecular weight excluding hydrogens is 240 g/mol. The molecule has 0 heterocycles. The zero-order valence-corrected chi connectivity index (χ0v) is 11.6. The van der Waals surface area contributed by atoms with E-state index in [1.165, 1.54) is 5.56 Å². The lowest BCUT2D eigenvalue weighted by molar-refractivity contribution is -0.141. The van der Waals surface area contributed by atoms with Gasteiger partial charge in [-0.2, -0.15) is 0 Å². The van der Waals surface area contributed by atoms with Crippen LogP contribution in [0.15, 0.2) is 36.4 Å². The van der Waals surface area contributed by atoms with E-state index in [0.29, 0.717) is 12.8 Å². The van der Waals surface area contributed by atoms with Crippen molar-refractivity contribution in [3.63, 3.8) is 0 Å². The Morgan fingerprint density at radius 1 is 1.32 bits per heavy atom. The molecule has 1 aromatic carbocycles. The fourth-order valence-corrected chi connectivity index (χ4v) is 1.86. The Kier molecular flexibility index (Phi) is 6.72. The van der Waals surface area contributed by atoms with Crippen LogP contribution in [0.5, 0.6) is 5.75 Å². The molecule has 0 aliphatic heterocycles. The fraction of sp³-hybridized carbons (Fsp3) is 0.438. The molecule has 0 fully saturated rings. The molecule has 1 atom stereocenters. The van der Waals surface area contributed by atoms with Crippen LogP contribution in [0, 0.1) is 5.92 Å². The van der Waals surface area contributed by atoms with Crippen LogP contribution < -0.4 is 4.74 Å². The van der Waals surface area contributed by atoms with Crippen molar-refractivity contribution in [1.29, 1.82) is 0 Å². The number of carbonyl (C=O) groups is 1. The van der Waals surface area contributed by atoms with Crippen molar-refractivity contribution in [2.24, 2.45) is 5.92 Å². The van der Waals surface area contributed by atoms with Gasteiger partial charge in [0.25, 0.3) is 0 Å². The first-order chi connectivity index (χ1) is 9.17. The second kappa shape index (κ2) is 8.35. The first-order valence-corrected chi connectivity index (χ1v) is 6.68. The molecule has 0 amide bonds. The van der Waals surface area contributed by atoms with E-state index in [1.54, 1.807) is 7.11 Å². The SMILES string of the molecule is CCC(CC=CCCc1ccc(OC)cc1)C(=O)O. The van der Waals surface area contributed by atoms with Crippen LogP contribution in [-0.4, -0.2) is 18.2 Å². The largest absolute Gasteiger partial charge is 0.497 e. The first-order valence-electron chi connectivity index (χ1n) is 6.68. The van der Waals surface area contributed by atoms with E-state index in [4.69, 9.17) is 9.84 Å². The third-order valence-corrected chi connectivity index (χ3v) is 3.19. The van der Waals surface area contributed by atoms with Crippen molar-refractivity contribution < 1.29 is 14.6 Å². The van der Waals surface area contributed by atoms with E-state index in [0.717, 1.165) is 18.6 Å². The zero-order chi connectivity index (χ0) is 14.1. The minimum Gasteiger partial charge on any atom is -0.497 e. The van der Waals surface area contributed by atoms with Gasteiger partial charge in [0.15, 0.2) is 0 Å². The number of hydrogen-bond donors (Lipinski definition) is 1. The molecule has 0 aliphatic carbocycles. The predicted octanol–water partition coefficient (Wildman–Crippen LogP) is 3.68. The Hall–Kier alpha value is -1.77. The molecule has 0 saturated heterocycles. The molecule has 0 aromatic heterocycles. The summed E-state index contributed by atoms with van der Waals surface area (Å²) in [7, 11) is 1.66. The zero-order valence-electron chi connectivity index (χ0n) is 11.6. The third-order valence-electron chi connectivity index (χ3n) is 3.19. The molecule has 0 spiro atoms. The van der Waals surface area contributed by atoms with Crippen molar-refractivity contribution in [2.45, 2.75) is 32.6 Å². The van der Waals surface area contributed by atoms with Crippen LogP contribution >= 0.6 is 0 Å². The summed E-state index contributed by atoms with van der Waals surface area (Å²) >= 11 is 0. The van der Waals surface area contributed by atoms with Gasteiger partial charge in [0.1, 0.15) is 5.75 Å². The van der Waals surface area contributed by atoms with Gasteiger partial charge in [0, 0.05) is 0 Å². The highest BCUT2D eigenvalue weighted by Gasteiger charge is 2.11. The van der Waals surface area contributed by atoms with Gasteiger partial charge in [-0.25, -0.2) is 0 Å². The van der Waals surface area contributed by atoms with Gasteiger partial charge in [0.05, 0.1) is 13.0 Å². The Morgan fingerprint density at radius 3 is 2.53 bits per heavy atom. The van der Waals surface area contributed by atoms with E-state index in [-0.39, 0.29) is 5.92 Å². The maximum atomic E-state index is 10.8. The second-order valence-corrected chi connectivity index (χ2v) is 4.54.